The van der Waals surface area contributed by atoms with Gasteiger partial charge in [0, 0.05) is 37.4 Å². The number of nitrogens with zero attached hydrogens (tertiary/aromatic N) is 3. The Morgan fingerprint density at radius 1 is 1.33 bits per heavy atom. The number of carbonyl (C=O) groups excluding carboxylic acids is 1. The molecule has 0 aliphatic carbocycles. The Hall–Kier alpha value is -2.15. The number of piperazine rings is 1. The normalized spacial score (nSPS) is 22.1. The third-order valence-corrected chi connectivity index (χ3v) is 4.39. The van der Waals surface area contributed by atoms with Crippen LogP contribution in [0, 0.1) is 10.1 Å². The molecule has 0 unspecified atom stereocenters. The van der Waals surface area contributed by atoms with E-state index in [-0.39, 0.29) is 11.3 Å². The first kappa shape index (κ1) is 13.8. The smallest absolute Gasteiger partial charge is 0.282 e. The molecule has 2 aliphatic heterocycles. The van der Waals surface area contributed by atoms with Crippen LogP contribution in [-0.2, 0) is 0 Å². The lowest BCUT2D eigenvalue weighted by Crippen LogP contribution is -2.50. The van der Waals surface area contributed by atoms with Crippen LogP contribution in [0.25, 0.3) is 0 Å². The molecule has 0 saturated carbocycles. The van der Waals surface area contributed by atoms with Crippen molar-refractivity contribution in [1.29, 1.82) is 0 Å². The maximum Gasteiger partial charge on any atom is 0.282 e. The van der Waals surface area contributed by atoms with E-state index in [4.69, 9.17) is 5.73 Å². The second kappa shape index (κ2) is 5.33. The van der Waals surface area contributed by atoms with Crippen molar-refractivity contribution in [3.05, 3.63) is 33.9 Å². The van der Waals surface area contributed by atoms with Gasteiger partial charge in [-0.05, 0) is 31.5 Å². The Kier molecular flexibility index (Phi) is 3.50. The van der Waals surface area contributed by atoms with Crippen LogP contribution in [0.2, 0.25) is 0 Å². The fourth-order valence-electron chi connectivity index (χ4n) is 3.30. The van der Waals surface area contributed by atoms with Crippen LogP contribution in [0.4, 0.5) is 11.4 Å². The molecule has 0 bridgehead atoms. The molecule has 112 valence electrons. The second-order valence-corrected chi connectivity index (χ2v) is 5.60. The maximum atomic E-state index is 11.4. The molecule has 1 aromatic rings. The third kappa shape index (κ3) is 2.56. The van der Waals surface area contributed by atoms with Crippen molar-refractivity contribution in [1.82, 2.24) is 4.90 Å². The Morgan fingerprint density at radius 2 is 2.14 bits per heavy atom. The zero-order valence-corrected chi connectivity index (χ0v) is 11.7. The lowest BCUT2D eigenvalue weighted by molar-refractivity contribution is -0.385. The average molecular weight is 290 g/mol. The highest BCUT2D eigenvalue weighted by atomic mass is 16.6. The summed E-state index contributed by atoms with van der Waals surface area (Å²) in [4.78, 5) is 26.5. The summed E-state index contributed by atoms with van der Waals surface area (Å²) in [5.74, 6) is -0.761. The van der Waals surface area contributed by atoms with Gasteiger partial charge >= 0.3 is 0 Å². The number of benzene rings is 1. The molecule has 2 saturated heterocycles. The number of amides is 1. The monoisotopic (exact) mass is 290 g/mol. The molecule has 0 aromatic heterocycles. The summed E-state index contributed by atoms with van der Waals surface area (Å²) < 4.78 is 0. The first-order valence-corrected chi connectivity index (χ1v) is 7.13. The molecule has 0 spiro atoms. The maximum absolute atomic E-state index is 11.4. The molecule has 1 atom stereocenters. The van der Waals surface area contributed by atoms with Crippen molar-refractivity contribution in [2.24, 2.45) is 5.73 Å². The fraction of sp³-hybridized carbons (Fsp3) is 0.500. The van der Waals surface area contributed by atoms with E-state index in [1.165, 1.54) is 18.9 Å². The summed E-state index contributed by atoms with van der Waals surface area (Å²) in [5, 5.41) is 10.9. The standard InChI is InChI=1S/C14H18N4O3/c15-14(19)12-8-10(3-4-13(12)18(20)21)17-7-6-16-5-1-2-11(16)9-17/h3-4,8,11H,1-2,5-7,9H2,(H2,15,19)/t11-/m1/s1. The number of primary amides is 1. The number of fused-ring (bicyclic) bond motifs is 1. The summed E-state index contributed by atoms with van der Waals surface area (Å²) in [6.45, 7) is 3.92. The van der Waals surface area contributed by atoms with Crippen LogP contribution in [0.5, 0.6) is 0 Å². The van der Waals surface area contributed by atoms with E-state index in [1.54, 1.807) is 12.1 Å². The summed E-state index contributed by atoms with van der Waals surface area (Å²) in [5.41, 5.74) is 5.85. The number of nitro groups is 1. The van der Waals surface area contributed by atoms with Crippen LogP contribution in [-0.4, -0.2) is 48.0 Å². The number of nitro benzene ring substituents is 1. The predicted molar refractivity (Wildman–Crippen MR) is 78.4 cm³/mol. The Balaban J connectivity index is 1.87. The van der Waals surface area contributed by atoms with Crippen molar-refractivity contribution in [2.75, 3.05) is 31.1 Å². The molecule has 3 rings (SSSR count). The topological polar surface area (TPSA) is 92.7 Å². The number of carbonyl (C=O) groups is 1. The lowest BCUT2D eigenvalue weighted by atomic mass is 10.1. The second-order valence-electron chi connectivity index (χ2n) is 5.60. The largest absolute Gasteiger partial charge is 0.369 e. The van der Waals surface area contributed by atoms with E-state index in [0.717, 1.165) is 31.9 Å². The minimum absolute atomic E-state index is 0.0219. The van der Waals surface area contributed by atoms with E-state index >= 15 is 0 Å². The summed E-state index contributed by atoms with van der Waals surface area (Å²) in [6.07, 6.45) is 2.41. The highest BCUT2D eigenvalue weighted by Crippen LogP contribution is 2.29. The first-order chi connectivity index (χ1) is 10.1. The van der Waals surface area contributed by atoms with Gasteiger partial charge in [0.2, 0.25) is 0 Å². The SMILES string of the molecule is NC(=O)c1cc(N2CCN3CCC[C@@H]3C2)ccc1[N+](=O)[O-]. The van der Waals surface area contributed by atoms with Gasteiger partial charge in [-0.15, -0.1) is 0 Å². The minimum atomic E-state index is -0.761. The van der Waals surface area contributed by atoms with Crippen LogP contribution < -0.4 is 10.6 Å². The molecule has 0 radical (unpaired) electrons. The highest BCUT2D eigenvalue weighted by Gasteiger charge is 2.31. The molecule has 1 amide bonds. The third-order valence-electron chi connectivity index (χ3n) is 4.39. The molecular weight excluding hydrogens is 272 g/mol. The summed E-state index contributed by atoms with van der Waals surface area (Å²) in [7, 11) is 0. The van der Waals surface area contributed by atoms with E-state index in [9.17, 15) is 14.9 Å². The van der Waals surface area contributed by atoms with Gasteiger partial charge in [-0.25, -0.2) is 0 Å². The van der Waals surface area contributed by atoms with Gasteiger partial charge in [0.25, 0.3) is 11.6 Å². The Morgan fingerprint density at radius 3 is 2.86 bits per heavy atom. The summed E-state index contributed by atoms with van der Waals surface area (Å²) in [6, 6.07) is 5.17. The van der Waals surface area contributed by atoms with Gasteiger partial charge in [0.05, 0.1) is 4.92 Å². The van der Waals surface area contributed by atoms with Crippen LogP contribution in [0.15, 0.2) is 18.2 Å². The molecule has 21 heavy (non-hydrogen) atoms. The number of hydrogen-bond acceptors (Lipinski definition) is 5. The Bertz CT molecular complexity index is 590. The van der Waals surface area contributed by atoms with Gasteiger partial charge in [0.15, 0.2) is 0 Å². The fourth-order valence-corrected chi connectivity index (χ4v) is 3.30. The van der Waals surface area contributed by atoms with E-state index in [0.29, 0.717) is 6.04 Å². The molecule has 1 aromatic carbocycles. The van der Waals surface area contributed by atoms with Gasteiger partial charge < -0.3 is 10.6 Å². The van der Waals surface area contributed by atoms with E-state index < -0.39 is 10.8 Å². The van der Waals surface area contributed by atoms with E-state index in [2.05, 4.69) is 9.80 Å². The van der Waals surface area contributed by atoms with Crippen molar-refractivity contribution in [3.8, 4) is 0 Å². The summed E-state index contributed by atoms with van der Waals surface area (Å²) >= 11 is 0. The first-order valence-electron chi connectivity index (χ1n) is 7.13. The number of hydrogen-bond donors (Lipinski definition) is 1. The van der Waals surface area contributed by atoms with Crippen molar-refractivity contribution >= 4 is 17.3 Å². The number of anilines is 1. The predicted octanol–water partition coefficient (Wildman–Crippen LogP) is 0.978. The molecule has 2 aliphatic rings. The molecule has 2 fully saturated rings. The van der Waals surface area contributed by atoms with Gasteiger partial charge in [-0.1, -0.05) is 0 Å². The molecule has 7 nitrogen and oxygen atoms in total. The quantitative estimate of drug-likeness (QED) is 0.661. The molecule has 2 heterocycles. The Labute approximate surface area is 122 Å². The van der Waals surface area contributed by atoms with Crippen molar-refractivity contribution in [2.45, 2.75) is 18.9 Å². The minimum Gasteiger partial charge on any atom is -0.369 e. The van der Waals surface area contributed by atoms with E-state index in [1.807, 2.05) is 0 Å². The van der Waals surface area contributed by atoms with Gasteiger partial charge in [0.1, 0.15) is 5.56 Å². The average Bonchev–Trinajstić information content (AvgIpc) is 2.93. The van der Waals surface area contributed by atoms with Crippen LogP contribution in [0.3, 0.4) is 0 Å². The highest BCUT2D eigenvalue weighted by molar-refractivity contribution is 5.98. The van der Waals surface area contributed by atoms with Gasteiger partial charge in [-0.3, -0.25) is 19.8 Å². The van der Waals surface area contributed by atoms with Crippen molar-refractivity contribution in [3.63, 3.8) is 0 Å². The van der Waals surface area contributed by atoms with Gasteiger partial charge in [-0.2, -0.15) is 0 Å². The number of nitrogens with two attached hydrogens (primary N) is 1. The molecule has 2 N–H and O–H groups in total. The molecular formula is C14H18N4O3. The zero-order chi connectivity index (χ0) is 15.0. The van der Waals surface area contributed by atoms with Crippen LogP contribution >= 0.6 is 0 Å². The van der Waals surface area contributed by atoms with Crippen molar-refractivity contribution < 1.29 is 9.72 Å². The van der Waals surface area contributed by atoms with Crippen LogP contribution in [0.1, 0.15) is 23.2 Å². The molecule has 7 heteroatoms. The number of rotatable bonds is 3. The lowest BCUT2D eigenvalue weighted by Gasteiger charge is -2.38. The zero-order valence-electron chi connectivity index (χ0n) is 11.7.